The zero-order valence-corrected chi connectivity index (χ0v) is 18.3. The van der Waals surface area contributed by atoms with Crippen molar-refractivity contribution in [2.24, 2.45) is 16.3 Å². The van der Waals surface area contributed by atoms with E-state index in [-0.39, 0.29) is 11.5 Å². The fourth-order valence-corrected chi connectivity index (χ4v) is 3.82. The SMILES string of the molecule is CN=C(NCCc1ccc(OC)c(OC)c1)NCC1CCCOC1C(C)(C)C. The van der Waals surface area contributed by atoms with E-state index in [1.165, 1.54) is 12.0 Å². The molecule has 0 spiro atoms. The summed E-state index contributed by atoms with van der Waals surface area (Å²) in [5, 5.41) is 6.89. The summed E-state index contributed by atoms with van der Waals surface area (Å²) < 4.78 is 16.7. The number of nitrogens with one attached hydrogen (secondary N) is 2. The van der Waals surface area contributed by atoms with Crippen molar-refractivity contribution < 1.29 is 14.2 Å². The van der Waals surface area contributed by atoms with Crippen LogP contribution in [0.4, 0.5) is 0 Å². The molecule has 0 saturated carbocycles. The second kappa shape index (κ2) is 10.6. The number of hydrogen-bond donors (Lipinski definition) is 2. The standard InChI is InChI=1S/C22H37N3O3/c1-22(2,3)20-17(8-7-13-28-20)15-25-21(23-4)24-12-11-16-9-10-18(26-5)19(14-16)27-6/h9-10,14,17,20H,7-8,11-13,15H2,1-6H3,(H2,23,24,25). The fourth-order valence-electron chi connectivity index (χ4n) is 3.82. The van der Waals surface area contributed by atoms with E-state index >= 15 is 0 Å². The van der Waals surface area contributed by atoms with Crippen LogP contribution in [0.2, 0.25) is 0 Å². The van der Waals surface area contributed by atoms with Crippen LogP contribution in [-0.2, 0) is 11.2 Å². The molecule has 2 unspecified atom stereocenters. The van der Waals surface area contributed by atoms with E-state index in [0.717, 1.165) is 50.0 Å². The summed E-state index contributed by atoms with van der Waals surface area (Å²) >= 11 is 0. The summed E-state index contributed by atoms with van der Waals surface area (Å²) in [7, 11) is 5.12. The first-order valence-corrected chi connectivity index (χ1v) is 10.2. The van der Waals surface area contributed by atoms with Crippen LogP contribution in [0.25, 0.3) is 0 Å². The van der Waals surface area contributed by atoms with Crippen LogP contribution >= 0.6 is 0 Å². The lowest BCUT2D eigenvalue weighted by Gasteiger charge is -2.40. The summed E-state index contributed by atoms with van der Waals surface area (Å²) in [6, 6.07) is 6.02. The number of aliphatic imine (C=N–C) groups is 1. The number of rotatable bonds is 7. The van der Waals surface area contributed by atoms with Gasteiger partial charge >= 0.3 is 0 Å². The monoisotopic (exact) mass is 391 g/mol. The third kappa shape index (κ3) is 6.30. The van der Waals surface area contributed by atoms with Crippen molar-refractivity contribution in [1.82, 2.24) is 10.6 Å². The van der Waals surface area contributed by atoms with Crippen LogP contribution in [0.15, 0.2) is 23.2 Å². The molecule has 2 rings (SSSR count). The Kier molecular flexibility index (Phi) is 8.42. The van der Waals surface area contributed by atoms with Crippen molar-refractivity contribution in [2.45, 2.75) is 46.1 Å². The topological polar surface area (TPSA) is 64.1 Å². The van der Waals surface area contributed by atoms with Crippen LogP contribution in [0.3, 0.4) is 0 Å². The second-order valence-electron chi connectivity index (χ2n) is 8.38. The minimum absolute atomic E-state index is 0.150. The van der Waals surface area contributed by atoms with Crippen molar-refractivity contribution in [2.75, 3.05) is 41.0 Å². The van der Waals surface area contributed by atoms with Crippen molar-refractivity contribution >= 4 is 5.96 Å². The number of benzene rings is 1. The molecule has 6 nitrogen and oxygen atoms in total. The normalized spacial score (nSPS) is 20.6. The van der Waals surface area contributed by atoms with Crippen molar-refractivity contribution in [3.05, 3.63) is 23.8 Å². The molecule has 1 aliphatic heterocycles. The van der Waals surface area contributed by atoms with E-state index in [2.05, 4.69) is 42.5 Å². The second-order valence-corrected chi connectivity index (χ2v) is 8.38. The lowest BCUT2D eigenvalue weighted by atomic mass is 9.78. The number of guanidine groups is 1. The van der Waals surface area contributed by atoms with Gasteiger partial charge in [0.2, 0.25) is 0 Å². The van der Waals surface area contributed by atoms with Crippen LogP contribution in [0.1, 0.15) is 39.2 Å². The summed E-state index contributed by atoms with van der Waals surface area (Å²) in [6.45, 7) is 9.30. The molecule has 1 heterocycles. The Bertz CT molecular complexity index is 640. The predicted octanol–water partition coefficient (Wildman–Crippen LogP) is 3.25. The molecule has 0 aromatic heterocycles. The average Bonchev–Trinajstić information content (AvgIpc) is 2.69. The molecule has 0 aliphatic carbocycles. The van der Waals surface area contributed by atoms with Crippen LogP contribution in [0.5, 0.6) is 11.5 Å². The zero-order chi connectivity index (χ0) is 20.6. The molecule has 2 atom stereocenters. The third-order valence-corrected chi connectivity index (χ3v) is 5.21. The van der Waals surface area contributed by atoms with E-state index in [0.29, 0.717) is 5.92 Å². The van der Waals surface area contributed by atoms with Gasteiger partial charge in [-0.05, 0) is 42.4 Å². The predicted molar refractivity (Wildman–Crippen MR) is 115 cm³/mol. The molecule has 1 aromatic carbocycles. The summed E-state index contributed by atoms with van der Waals surface area (Å²) in [6.07, 6.45) is 3.47. The minimum Gasteiger partial charge on any atom is -0.493 e. The van der Waals surface area contributed by atoms with Gasteiger partial charge in [0.25, 0.3) is 0 Å². The van der Waals surface area contributed by atoms with Gasteiger partial charge in [0.15, 0.2) is 17.5 Å². The molecule has 0 amide bonds. The van der Waals surface area contributed by atoms with Gasteiger partial charge in [0, 0.05) is 32.7 Å². The quantitative estimate of drug-likeness (QED) is 0.552. The molecular formula is C22H37N3O3. The van der Waals surface area contributed by atoms with E-state index in [4.69, 9.17) is 14.2 Å². The Morgan fingerprint density at radius 1 is 1.18 bits per heavy atom. The van der Waals surface area contributed by atoms with E-state index in [1.807, 2.05) is 19.2 Å². The lowest BCUT2D eigenvalue weighted by Crippen LogP contribution is -2.47. The van der Waals surface area contributed by atoms with Crippen LogP contribution in [-0.4, -0.2) is 53.0 Å². The number of ether oxygens (including phenoxy) is 3. The lowest BCUT2D eigenvalue weighted by molar-refractivity contribution is -0.0835. The van der Waals surface area contributed by atoms with Crippen molar-refractivity contribution in [1.29, 1.82) is 0 Å². The zero-order valence-electron chi connectivity index (χ0n) is 18.3. The van der Waals surface area contributed by atoms with Gasteiger partial charge in [0.05, 0.1) is 20.3 Å². The Morgan fingerprint density at radius 2 is 1.93 bits per heavy atom. The number of hydrogen-bond acceptors (Lipinski definition) is 4. The Hall–Kier alpha value is -1.95. The van der Waals surface area contributed by atoms with Gasteiger partial charge in [-0.2, -0.15) is 0 Å². The highest BCUT2D eigenvalue weighted by atomic mass is 16.5. The molecule has 0 bridgehead atoms. The maximum absolute atomic E-state index is 6.08. The van der Waals surface area contributed by atoms with Gasteiger partial charge in [-0.1, -0.05) is 26.8 Å². The molecule has 1 fully saturated rings. The molecule has 1 aliphatic rings. The largest absolute Gasteiger partial charge is 0.493 e. The van der Waals surface area contributed by atoms with E-state index in [1.54, 1.807) is 14.2 Å². The Balaban J connectivity index is 1.83. The average molecular weight is 392 g/mol. The summed E-state index contributed by atoms with van der Waals surface area (Å²) in [4.78, 5) is 4.36. The highest BCUT2D eigenvalue weighted by Crippen LogP contribution is 2.33. The molecule has 0 radical (unpaired) electrons. The van der Waals surface area contributed by atoms with Crippen LogP contribution < -0.4 is 20.1 Å². The molecule has 6 heteroatoms. The Labute approximate surface area is 170 Å². The first-order chi connectivity index (χ1) is 13.4. The first kappa shape index (κ1) is 22.3. The van der Waals surface area contributed by atoms with E-state index in [9.17, 15) is 0 Å². The smallest absolute Gasteiger partial charge is 0.190 e. The summed E-state index contributed by atoms with van der Waals surface area (Å²) in [5.74, 6) is 2.84. The van der Waals surface area contributed by atoms with Gasteiger partial charge in [-0.25, -0.2) is 0 Å². The van der Waals surface area contributed by atoms with Gasteiger partial charge < -0.3 is 24.8 Å². The highest BCUT2D eigenvalue weighted by molar-refractivity contribution is 5.79. The fraction of sp³-hybridized carbons (Fsp3) is 0.682. The van der Waals surface area contributed by atoms with Crippen molar-refractivity contribution in [3.63, 3.8) is 0 Å². The third-order valence-electron chi connectivity index (χ3n) is 5.21. The molecule has 1 saturated heterocycles. The summed E-state index contributed by atoms with van der Waals surface area (Å²) in [5.41, 5.74) is 1.34. The maximum atomic E-state index is 6.08. The van der Waals surface area contributed by atoms with Crippen LogP contribution in [0, 0.1) is 11.3 Å². The maximum Gasteiger partial charge on any atom is 0.190 e. The number of nitrogens with zero attached hydrogens (tertiary/aromatic N) is 1. The van der Waals surface area contributed by atoms with Crippen molar-refractivity contribution in [3.8, 4) is 11.5 Å². The molecular weight excluding hydrogens is 354 g/mol. The molecule has 158 valence electrons. The van der Waals surface area contributed by atoms with Gasteiger partial charge in [-0.3, -0.25) is 4.99 Å². The minimum atomic E-state index is 0.150. The molecule has 28 heavy (non-hydrogen) atoms. The number of methoxy groups -OCH3 is 2. The highest BCUT2D eigenvalue weighted by Gasteiger charge is 2.35. The van der Waals surface area contributed by atoms with E-state index < -0.39 is 0 Å². The van der Waals surface area contributed by atoms with Gasteiger partial charge in [0.1, 0.15) is 0 Å². The molecule has 2 N–H and O–H groups in total. The van der Waals surface area contributed by atoms with Gasteiger partial charge in [-0.15, -0.1) is 0 Å². The molecule has 1 aromatic rings. The Morgan fingerprint density at radius 3 is 2.57 bits per heavy atom. The first-order valence-electron chi connectivity index (χ1n) is 10.2.